The number of carbonyl (C=O) groups excluding carboxylic acids is 1. The molecule has 0 bridgehead atoms. The van der Waals surface area contributed by atoms with Gasteiger partial charge < -0.3 is 14.9 Å². The Balaban J connectivity index is -0.0000000136. The molecule has 1 amide bonds. The van der Waals surface area contributed by atoms with Gasteiger partial charge in [0.2, 0.25) is 5.91 Å². The van der Waals surface area contributed by atoms with E-state index >= 15 is 0 Å². The van der Waals surface area contributed by atoms with Crippen LogP contribution in [0.25, 0.3) is 43.7 Å². The maximum Gasteiger partial charge on any atom is 0.248 e. The van der Waals surface area contributed by atoms with Crippen LogP contribution in [0.1, 0.15) is 156 Å². The average Bonchev–Trinajstić information content (AvgIpc) is 3.77. The molecule has 6 rings (SSSR count). The van der Waals surface area contributed by atoms with Crippen LogP contribution in [0.5, 0.6) is 0 Å². The van der Waals surface area contributed by atoms with Gasteiger partial charge in [0.1, 0.15) is 0 Å². The maximum absolute atomic E-state index is 11.6. The van der Waals surface area contributed by atoms with E-state index in [0.29, 0.717) is 5.56 Å². The molecule has 22 radical (unpaired) electrons. The van der Waals surface area contributed by atoms with Crippen molar-refractivity contribution in [3.8, 4) is 0 Å². The summed E-state index contributed by atoms with van der Waals surface area (Å²) in [6, 6.07) is 26.1. The van der Waals surface area contributed by atoms with E-state index < -0.39 is 0 Å². The van der Waals surface area contributed by atoms with Gasteiger partial charge in [0, 0.05) is 737 Å². The van der Waals surface area contributed by atoms with Crippen LogP contribution in [-0.2, 0) is 720 Å². The summed E-state index contributed by atoms with van der Waals surface area (Å²) in [4.78, 5) is 16.0. The SMILES string of the molecule is C.CC.CC.CC.CC.CC.CC.CC.CC.CC.C[CH-]n1c2ccccc2c2c(C(N)=O)cccc21.C[CH-]n1c2ccccc2c2ncccc21.[Y].[Y].[Y].[Y].[Y].[Y].[Y].[Y].[Y].[Y].[Y].[Y].[Y].[Y].[Y].[Y].[Y].[Y].[Y].[Y].[Y].[Y]. The Morgan fingerprint density at radius 2 is 0.622 bits per heavy atom. The Hall–Kier alpha value is 19.9. The van der Waals surface area contributed by atoms with Gasteiger partial charge in [-0.1, -0.05) is 247 Å². The van der Waals surface area contributed by atoms with E-state index in [0.717, 1.165) is 27.3 Å². The molecular weight excluding hydrogens is 2590 g/mol. The van der Waals surface area contributed by atoms with E-state index in [1.807, 2.05) is 194 Å². The van der Waals surface area contributed by atoms with E-state index in [2.05, 4.69) is 51.0 Å². The molecule has 27 heteroatoms. The fourth-order valence-electron chi connectivity index (χ4n) is 4.62. The first-order chi connectivity index (χ1) is 25.2. The number of para-hydroxylation sites is 2. The molecule has 0 atom stereocenters. The standard InChI is InChI=1S/C15H13N2O.C13H11N2.9C2H6.CH4.22Y/c1-2-17-12-8-4-3-6-10(12)14-11(15(16)18)7-5-9-13(14)17;1-2-15-11-7-4-3-6-10(11)13-12(15)8-5-9-14-13;9*1-2;;;;;;;;;;;;;;;;;;;;;;;/h2-9H,1H3,(H2,16,18);2-9H,1H3;9*1-2H3;1H4;;;;;;;;;;;;;;;;;;;;;;/q2*-1;;;;;;;;;;;;;;;;;;;;;;;;;;;;;;;;. The molecule has 0 aliphatic rings. The Morgan fingerprint density at radius 3 is 0.932 bits per heavy atom. The van der Waals surface area contributed by atoms with E-state index in [1.165, 1.54) is 16.4 Å². The first kappa shape index (κ1) is 187. The molecule has 74 heavy (non-hydrogen) atoms. The number of primary amides is 1. The average molecular weight is 2680 g/mol. The number of nitrogens with zero attached hydrogens (tertiary/aromatic N) is 3. The predicted molar refractivity (Wildman–Crippen MR) is 245 cm³/mol. The summed E-state index contributed by atoms with van der Waals surface area (Å²) in [5.41, 5.74) is 11.6. The Labute approximate surface area is 1010 Å². The minimum atomic E-state index is -0.389. The molecule has 364 valence electrons. The molecule has 0 saturated carbocycles. The van der Waals surface area contributed by atoms with Crippen molar-refractivity contribution in [1.82, 2.24) is 14.1 Å². The fourth-order valence-corrected chi connectivity index (χ4v) is 4.62. The first-order valence-electron chi connectivity index (χ1n) is 19.9. The number of hydrogen-bond donors (Lipinski definition) is 1. The first-order valence-corrected chi connectivity index (χ1v) is 19.9. The molecule has 5 nitrogen and oxygen atoms in total. The van der Waals surface area contributed by atoms with Crippen molar-refractivity contribution in [3.63, 3.8) is 0 Å². The van der Waals surface area contributed by atoms with Gasteiger partial charge >= 0.3 is 0 Å². The Kier molecular flexibility index (Phi) is 372. The molecule has 6 aromatic rings. The van der Waals surface area contributed by atoms with Crippen molar-refractivity contribution in [2.75, 3.05) is 0 Å². The van der Waals surface area contributed by atoms with E-state index in [4.69, 9.17) is 5.73 Å². The van der Waals surface area contributed by atoms with Gasteiger partial charge in [0.25, 0.3) is 0 Å². The summed E-state index contributed by atoms with van der Waals surface area (Å²) < 4.78 is 4.26. The second-order valence-electron chi connectivity index (χ2n) is 7.73. The number of amides is 1. The van der Waals surface area contributed by atoms with Crippen LogP contribution in [0, 0.1) is 13.1 Å². The van der Waals surface area contributed by atoms with Crippen LogP contribution in [-0.4, -0.2) is 20.0 Å². The van der Waals surface area contributed by atoms with Crippen LogP contribution in [0.3, 0.4) is 0 Å². The number of nitrogens with two attached hydrogens (primary N) is 1. The van der Waals surface area contributed by atoms with E-state index in [1.54, 1.807) is 6.07 Å². The minimum Gasteiger partial charge on any atom is -0.478 e. The molecule has 0 aliphatic heterocycles. The second-order valence-corrected chi connectivity index (χ2v) is 7.73. The summed E-state index contributed by atoms with van der Waals surface area (Å²) in [7, 11) is 0. The van der Waals surface area contributed by atoms with Crippen molar-refractivity contribution in [2.45, 2.75) is 146 Å². The topological polar surface area (TPSA) is 65.8 Å². The maximum atomic E-state index is 11.6. The largest absolute Gasteiger partial charge is 0.478 e. The summed E-state index contributed by atoms with van der Waals surface area (Å²) in [6.45, 7) is 44.1. The molecule has 3 heterocycles. The van der Waals surface area contributed by atoms with Crippen molar-refractivity contribution < 1.29 is 724 Å². The van der Waals surface area contributed by atoms with Crippen LogP contribution < -0.4 is 5.73 Å². The summed E-state index contributed by atoms with van der Waals surface area (Å²) in [5.74, 6) is -0.389. The number of hydrogen-bond acceptors (Lipinski definition) is 2. The number of pyridine rings is 1. The molecule has 0 aliphatic carbocycles. The van der Waals surface area contributed by atoms with Gasteiger partial charge in [-0.15, -0.1) is 13.1 Å². The number of carbonyl (C=O) groups is 1. The fraction of sp³-hybridized carbons (Fsp3) is 0.447. The van der Waals surface area contributed by atoms with Crippen molar-refractivity contribution in [3.05, 3.63) is 104 Å². The number of rotatable bonds is 3. The molecule has 0 saturated heterocycles. The van der Waals surface area contributed by atoms with Gasteiger partial charge in [-0.3, -0.25) is 9.78 Å². The van der Waals surface area contributed by atoms with Crippen molar-refractivity contribution in [1.29, 1.82) is 0 Å². The third-order valence-corrected chi connectivity index (χ3v) is 5.98. The third-order valence-electron chi connectivity index (χ3n) is 5.98. The predicted octanol–water partition coefficient (Wildman–Crippen LogP) is 16.0. The zero-order chi connectivity index (χ0) is 40.9. The molecule has 3 aromatic carbocycles. The van der Waals surface area contributed by atoms with Crippen molar-refractivity contribution in [2.24, 2.45) is 5.73 Å². The molecule has 0 unspecified atom stereocenters. The summed E-state index contributed by atoms with van der Waals surface area (Å²) in [5, 5.41) is 3.20. The molecule has 2 N–H and O–H groups in total. The van der Waals surface area contributed by atoms with Crippen molar-refractivity contribution >= 4 is 49.6 Å². The second kappa shape index (κ2) is 148. The monoisotopic (exact) mass is 2670 g/mol. The quantitative estimate of drug-likeness (QED) is 0.179. The van der Waals surface area contributed by atoms with E-state index in [9.17, 15) is 4.79 Å². The number of aromatic nitrogens is 3. The van der Waals surface area contributed by atoms with Gasteiger partial charge in [-0.2, -0.15) is 0 Å². The van der Waals surface area contributed by atoms with Gasteiger partial charge in [0.05, 0.1) is 0 Å². The normalized spacial score (nSPS) is 5.62. The number of benzene rings is 3. The van der Waals surface area contributed by atoms with Crippen LogP contribution in [0.4, 0.5) is 0 Å². The Bertz CT molecular complexity index is 1640. The molecule has 3 aromatic heterocycles. The molecule has 0 fully saturated rings. The summed E-state index contributed by atoms with van der Waals surface area (Å²) >= 11 is 0. The smallest absolute Gasteiger partial charge is 0.248 e. The van der Waals surface area contributed by atoms with Crippen LogP contribution >= 0.6 is 0 Å². The zero-order valence-corrected chi connectivity index (χ0v) is 112. The van der Waals surface area contributed by atoms with Crippen LogP contribution in [0.15, 0.2) is 85.1 Å². The van der Waals surface area contributed by atoms with Gasteiger partial charge in [-0.05, 0) is 16.3 Å². The summed E-state index contributed by atoms with van der Waals surface area (Å²) in [6.07, 6.45) is 1.84. The third kappa shape index (κ3) is 77.6. The van der Waals surface area contributed by atoms with Crippen LogP contribution in [0.2, 0.25) is 0 Å². The molecular formula is C47H82N4OY22-2. The van der Waals surface area contributed by atoms with Gasteiger partial charge in [-0.25, -0.2) is 0 Å². The zero-order valence-electron chi connectivity index (χ0n) is 49.3. The van der Waals surface area contributed by atoms with E-state index in [-0.39, 0.29) is 733 Å². The Morgan fingerprint density at radius 1 is 0.365 bits per heavy atom. The minimum absolute atomic E-state index is 0. The molecule has 0 spiro atoms. The number of fused-ring (bicyclic) bond motifs is 6. The van der Waals surface area contributed by atoms with Gasteiger partial charge in [0.15, 0.2) is 0 Å².